The van der Waals surface area contributed by atoms with Crippen LogP contribution in [0.3, 0.4) is 0 Å². The van der Waals surface area contributed by atoms with Crippen LogP contribution in [-0.4, -0.2) is 91.3 Å². The van der Waals surface area contributed by atoms with Crippen LogP contribution in [0.2, 0.25) is 0 Å². The predicted octanol–water partition coefficient (Wildman–Crippen LogP) is 5.47. The molecule has 2 amide bonds. The minimum Gasteiger partial charge on any atom is -0.497 e. The first kappa shape index (κ1) is 32.8. The molecule has 2 saturated carbocycles. The van der Waals surface area contributed by atoms with E-state index in [1.54, 1.807) is 27.0 Å². The molecule has 11 heteroatoms. The van der Waals surface area contributed by atoms with Crippen LogP contribution in [0.25, 0.3) is 22.2 Å². The zero-order valence-electron chi connectivity index (χ0n) is 29.4. The topological polar surface area (TPSA) is 104 Å². The smallest absolute Gasteiger partial charge is 0.304 e. The van der Waals surface area contributed by atoms with E-state index in [-0.39, 0.29) is 23.4 Å². The number of methoxy groups -OCH3 is 1. The van der Waals surface area contributed by atoms with Crippen molar-refractivity contribution in [2.45, 2.75) is 102 Å². The zero-order valence-corrected chi connectivity index (χ0v) is 30.2. The Balaban J connectivity index is 1.29. The first-order valence-corrected chi connectivity index (χ1v) is 19.5. The van der Waals surface area contributed by atoms with Crippen LogP contribution in [0.15, 0.2) is 36.4 Å². The molecular weight excluding hydrogens is 639 g/mol. The Hall–Kier alpha value is -3.41. The third kappa shape index (κ3) is 5.21. The fraction of sp³-hybridized carbons (Fsp3) is 0.579. The predicted molar refractivity (Wildman–Crippen MR) is 190 cm³/mol. The highest BCUT2D eigenvalue weighted by atomic mass is 32.2. The summed E-state index contributed by atoms with van der Waals surface area (Å²) in [6, 6.07) is 12.5. The minimum atomic E-state index is -4.02. The van der Waals surface area contributed by atoms with Crippen molar-refractivity contribution in [3.05, 3.63) is 53.1 Å². The standard InChI is InChI=1S/C38H49N5O5S/c1-23(2)41(4)49(46,47)39-36(44)25-11-15-30-33(17-25)43-22-38(37(45)42-20-26-12-13-27(21-42)40(26)3)19-32(38)31-18-28(48-5)14-16-29(31)35(43)34(30)24-9-7-6-8-10-24/h11,14-18,23-24,26-27,32H,6-10,12-13,19-22H2,1-5H3,(H,39,44). The van der Waals surface area contributed by atoms with Gasteiger partial charge in [0.25, 0.3) is 5.91 Å². The third-order valence-corrected chi connectivity index (χ3v) is 14.3. The molecule has 2 bridgehead atoms. The number of piperazine rings is 1. The summed E-state index contributed by atoms with van der Waals surface area (Å²) in [6.07, 6.45) is 8.79. The van der Waals surface area contributed by atoms with Crippen molar-refractivity contribution in [2.24, 2.45) is 5.41 Å². The van der Waals surface area contributed by atoms with E-state index in [1.165, 1.54) is 37.4 Å². The Bertz CT molecular complexity index is 1930. The normalized spacial score (nSPS) is 26.8. The number of rotatable bonds is 7. The lowest BCUT2D eigenvalue weighted by molar-refractivity contribution is -0.141. The molecule has 10 nitrogen and oxygen atoms in total. The highest BCUT2D eigenvalue weighted by Crippen LogP contribution is 2.66. The highest BCUT2D eigenvalue weighted by molar-refractivity contribution is 7.87. The summed E-state index contributed by atoms with van der Waals surface area (Å²) < 4.78 is 37.6. The number of hydrogen-bond donors (Lipinski definition) is 1. The molecule has 4 fully saturated rings. The number of hydrogen-bond acceptors (Lipinski definition) is 6. The van der Waals surface area contributed by atoms with Gasteiger partial charge < -0.3 is 14.2 Å². The van der Waals surface area contributed by atoms with Gasteiger partial charge in [0.1, 0.15) is 5.75 Å². The largest absolute Gasteiger partial charge is 0.497 e. The molecule has 2 aliphatic carbocycles. The quantitative estimate of drug-likeness (QED) is 0.354. The summed E-state index contributed by atoms with van der Waals surface area (Å²) in [5.74, 6) is 0.795. The molecule has 3 aliphatic heterocycles. The number of benzene rings is 2. The van der Waals surface area contributed by atoms with E-state index in [0.29, 0.717) is 24.5 Å². The number of likely N-dealkylation sites (tertiary alicyclic amines) is 1. The van der Waals surface area contributed by atoms with E-state index in [2.05, 4.69) is 38.3 Å². The lowest BCUT2D eigenvalue weighted by Gasteiger charge is -2.40. The fourth-order valence-electron chi connectivity index (χ4n) is 9.54. The van der Waals surface area contributed by atoms with Gasteiger partial charge in [0.2, 0.25) is 5.91 Å². The SMILES string of the molecule is COc1ccc2c(c1)C1CC1(C(=O)N1CC3CCC(C1)N3C)Cn1c-2c(C2CCCCC2)c2ccc(C(=O)NS(=O)(=O)N(C)C(C)C)cc21. The van der Waals surface area contributed by atoms with Crippen LogP contribution in [0, 0.1) is 5.41 Å². The van der Waals surface area contributed by atoms with Crippen LogP contribution >= 0.6 is 0 Å². The molecule has 0 spiro atoms. The summed E-state index contributed by atoms with van der Waals surface area (Å²) in [5, 5.41) is 1.08. The molecule has 0 radical (unpaired) electrons. The number of carbonyl (C=O) groups excluding carboxylic acids is 2. The third-order valence-electron chi connectivity index (χ3n) is 12.7. The van der Waals surface area contributed by atoms with Crippen molar-refractivity contribution in [3.8, 4) is 17.0 Å². The Labute approximate surface area is 289 Å². The molecule has 1 aromatic heterocycles. The van der Waals surface area contributed by atoms with Gasteiger partial charge in [-0.25, -0.2) is 4.72 Å². The van der Waals surface area contributed by atoms with Crippen LogP contribution in [0.1, 0.15) is 98.5 Å². The summed E-state index contributed by atoms with van der Waals surface area (Å²) >= 11 is 0. The molecule has 5 aliphatic rings. The van der Waals surface area contributed by atoms with Crippen molar-refractivity contribution < 1.29 is 22.7 Å². The average molecular weight is 688 g/mol. The van der Waals surface area contributed by atoms with E-state index in [9.17, 15) is 18.0 Å². The Morgan fingerprint density at radius 2 is 1.71 bits per heavy atom. The number of carbonyl (C=O) groups is 2. The molecule has 2 saturated heterocycles. The van der Waals surface area contributed by atoms with E-state index in [1.807, 2.05) is 18.2 Å². The molecule has 262 valence electrons. The number of nitrogens with zero attached hydrogens (tertiary/aromatic N) is 4. The number of nitrogens with one attached hydrogen (secondary N) is 1. The molecule has 4 heterocycles. The summed E-state index contributed by atoms with van der Waals surface area (Å²) in [5.41, 5.74) is 5.32. The maximum atomic E-state index is 14.9. The summed E-state index contributed by atoms with van der Waals surface area (Å²) in [6.45, 7) is 5.58. The fourth-order valence-corrected chi connectivity index (χ4v) is 10.6. The lowest BCUT2D eigenvalue weighted by atomic mass is 9.81. The van der Waals surface area contributed by atoms with Crippen LogP contribution in [0.4, 0.5) is 0 Å². The van der Waals surface area contributed by atoms with Gasteiger partial charge in [0, 0.05) is 72.8 Å². The maximum Gasteiger partial charge on any atom is 0.304 e. The molecule has 49 heavy (non-hydrogen) atoms. The molecular formula is C38H49N5O5S. The van der Waals surface area contributed by atoms with Crippen molar-refractivity contribution in [2.75, 3.05) is 34.3 Å². The first-order chi connectivity index (χ1) is 23.4. The number of amides is 2. The van der Waals surface area contributed by atoms with Gasteiger partial charge in [0.05, 0.1) is 18.2 Å². The molecule has 3 aromatic rings. The van der Waals surface area contributed by atoms with Gasteiger partial charge in [-0.1, -0.05) is 25.3 Å². The molecule has 2 aromatic carbocycles. The van der Waals surface area contributed by atoms with Gasteiger partial charge >= 0.3 is 10.2 Å². The Kier molecular flexibility index (Phi) is 7.92. The van der Waals surface area contributed by atoms with Crippen LogP contribution in [0.5, 0.6) is 5.75 Å². The van der Waals surface area contributed by atoms with Crippen molar-refractivity contribution >= 4 is 32.9 Å². The molecule has 4 atom stereocenters. The Morgan fingerprint density at radius 3 is 2.39 bits per heavy atom. The van der Waals surface area contributed by atoms with E-state index in [4.69, 9.17) is 4.74 Å². The highest BCUT2D eigenvalue weighted by Gasteiger charge is 2.64. The lowest BCUT2D eigenvalue weighted by Crippen LogP contribution is -2.55. The second-order valence-corrected chi connectivity index (χ2v) is 17.3. The van der Waals surface area contributed by atoms with Crippen molar-refractivity contribution in [3.63, 3.8) is 0 Å². The molecule has 8 rings (SSSR count). The minimum absolute atomic E-state index is 0.0692. The number of ether oxygens (including phenoxy) is 1. The van der Waals surface area contributed by atoms with E-state index < -0.39 is 21.5 Å². The molecule has 4 unspecified atom stereocenters. The number of fused-ring (bicyclic) bond motifs is 9. The number of likely N-dealkylation sites (N-methyl/N-ethyl adjacent to an activating group) is 1. The second kappa shape index (κ2) is 11.8. The van der Waals surface area contributed by atoms with Gasteiger partial charge in [-0.15, -0.1) is 0 Å². The van der Waals surface area contributed by atoms with Crippen molar-refractivity contribution in [1.29, 1.82) is 0 Å². The Morgan fingerprint density at radius 1 is 1.00 bits per heavy atom. The van der Waals surface area contributed by atoms with Crippen LogP contribution < -0.4 is 9.46 Å². The second-order valence-electron chi connectivity index (χ2n) is 15.6. The number of aromatic nitrogens is 1. The van der Waals surface area contributed by atoms with Gasteiger partial charge in [0.15, 0.2) is 0 Å². The van der Waals surface area contributed by atoms with Crippen molar-refractivity contribution in [1.82, 2.24) is 23.4 Å². The summed E-state index contributed by atoms with van der Waals surface area (Å²) in [7, 11) is 1.33. The van der Waals surface area contributed by atoms with Gasteiger partial charge in [-0.05, 0) is 100 Å². The molecule has 1 N–H and O–H groups in total. The van der Waals surface area contributed by atoms with Gasteiger partial charge in [-0.3, -0.25) is 14.5 Å². The van der Waals surface area contributed by atoms with E-state index >= 15 is 0 Å². The van der Waals surface area contributed by atoms with E-state index in [0.717, 1.165) is 77.4 Å². The zero-order chi connectivity index (χ0) is 34.4. The summed E-state index contributed by atoms with van der Waals surface area (Å²) in [4.78, 5) is 33.1. The van der Waals surface area contributed by atoms with Gasteiger partial charge in [-0.2, -0.15) is 12.7 Å². The monoisotopic (exact) mass is 687 g/mol. The van der Waals surface area contributed by atoms with Crippen LogP contribution in [-0.2, 0) is 21.5 Å². The maximum absolute atomic E-state index is 14.9. The average Bonchev–Trinajstić information content (AvgIpc) is 3.72. The first-order valence-electron chi connectivity index (χ1n) is 18.1.